The Hall–Kier alpha value is 2.10. The fourth-order valence-electron chi connectivity index (χ4n) is 1.14. The van der Waals surface area contributed by atoms with E-state index < -0.39 is 0 Å². The first-order valence-corrected chi connectivity index (χ1v) is 8.70. The quantitative estimate of drug-likeness (QED) is 0.640. The van der Waals surface area contributed by atoms with E-state index in [0.29, 0.717) is 3.41 Å². The van der Waals surface area contributed by atoms with E-state index in [1.807, 2.05) is 0 Å². The maximum absolute atomic E-state index is 2.39. The molecule has 0 nitrogen and oxygen atoms in total. The van der Waals surface area contributed by atoms with Crippen molar-refractivity contribution < 1.29 is 0 Å². The van der Waals surface area contributed by atoms with Crippen LogP contribution in [-0.2, 0) is 0 Å². The van der Waals surface area contributed by atoms with E-state index in [9.17, 15) is 0 Å². The van der Waals surface area contributed by atoms with Gasteiger partial charge < -0.3 is 0 Å². The Labute approximate surface area is 91.9 Å². The lowest BCUT2D eigenvalue weighted by Crippen LogP contribution is -2.34. The summed E-state index contributed by atoms with van der Waals surface area (Å²) in [5.41, 5.74) is 0. The van der Waals surface area contributed by atoms with Gasteiger partial charge in [-0.1, -0.05) is 0 Å². The third-order valence-electron chi connectivity index (χ3n) is 1.60. The smallest absolute Gasteiger partial charge is 0.109 e. The van der Waals surface area contributed by atoms with Crippen LogP contribution in [0.15, 0.2) is 0 Å². The summed E-state index contributed by atoms with van der Waals surface area (Å²) in [4.78, 5) is 0. The molecule has 4 aliphatic heterocycles. The molecule has 4 rings (SSSR count). The fourth-order valence-corrected chi connectivity index (χ4v) is 19.4. The standard InChI is InChI=1S/C5H6S6/c1-5-9-2-6-3(10-5)8-4(7-2)11-5/h2-4H,1H3. The highest BCUT2D eigenvalue weighted by atomic mass is 32.4. The van der Waals surface area contributed by atoms with Crippen molar-refractivity contribution in [2.24, 2.45) is 0 Å². The first-order chi connectivity index (χ1) is 5.23. The van der Waals surface area contributed by atoms with Crippen molar-refractivity contribution in [2.75, 3.05) is 0 Å². The zero-order chi connectivity index (χ0) is 7.47. The summed E-state index contributed by atoms with van der Waals surface area (Å²) in [7, 11) is 0. The molecule has 4 bridgehead atoms. The van der Waals surface area contributed by atoms with Gasteiger partial charge in [0.15, 0.2) is 0 Å². The molecule has 0 aliphatic carbocycles. The molecule has 0 radical (unpaired) electrons. The van der Waals surface area contributed by atoms with Gasteiger partial charge >= 0.3 is 0 Å². The summed E-state index contributed by atoms with van der Waals surface area (Å²) >= 11 is 12.9. The van der Waals surface area contributed by atoms with Gasteiger partial charge in [0, 0.05) is 0 Å². The van der Waals surface area contributed by atoms with Crippen LogP contribution in [0.1, 0.15) is 6.92 Å². The monoisotopic (exact) mass is 258 g/mol. The van der Waals surface area contributed by atoms with Crippen LogP contribution >= 0.6 is 70.6 Å². The zero-order valence-electron chi connectivity index (χ0n) is 5.68. The van der Waals surface area contributed by atoms with Crippen LogP contribution in [0.25, 0.3) is 0 Å². The normalized spacial score (nSPS) is 60.3. The molecule has 0 spiro atoms. The third kappa shape index (κ3) is 1.46. The summed E-state index contributed by atoms with van der Waals surface area (Å²) in [6, 6.07) is 0. The Morgan fingerprint density at radius 3 is 1.45 bits per heavy atom. The second kappa shape index (κ2) is 2.79. The predicted molar refractivity (Wildman–Crippen MR) is 65.3 cm³/mol. The molecule has 11 heavy (non-hydrogen) atoms. The molecule has 4 fully saturated rings. The fraction of sp³-hybridized carbons (Fsp3) is 1.00. The van der Waals surface area contributed by atoms with Crippen molar-refractivity contribution in [1.29, 1.82) is 0 Å². The molecule has 0 aromatic carbocycles. The minimum absolute atomic E-state index is 0.488. The molecule has 0 aromatic rings. The highest BCUT2D eigenvalue weighted by Crippen LogP contribution is 2.76. The third-order valence-corrected chi connectivity index (χ3v) is 12.3. The molecular formula is C5H6S6. The van der Waals surface area contributed by atoms with Gasteiger partial charge in [-0.2, -0.15) is 0 Å². The molecule has 62 valence electrons. The van der Waals surface area contributed by atoms with Crippen molar-refractivity contribution in [2.45, 2.75) is 22.1 Å². The van der Waals surface area contributed by atoms with Crippen LogP contribution in [0.2, 0.25) is 0 Å². The Morgan fingerprint density at radius 2 is 1.18 bits per heavy atom. The lowest BCUT2D eigenvalue weighted by atomic mass is 10.9. The van der Waals surface area contributed by atoms with Crippen molar-refractivity contribution in [3.8, 4) is 0 Å². The molecule has 4 heterocycles. The van der Waals surface area contributed by atoms with Crippen LogP contribution in [0.3, 0.4) is 0 Å². The molecule has 4 saturated heterocycles. The lowest BCUT2D eigenvalue weighted by Gasteiger charge is -2.51. The average Bonchev–Trinajstić information content (AvgIpc) is 1.79. The van der Waals surface area contributed by atoms with Gasteiger partial charge in [0.1, 0.15) is 15.2 Å². The first kappa shape index (κ1) is 8.41. The first-order valence-electron chi connectivity index (χ1n) is 3.23. The Morgan fingerprint density at radius 1 is 0.818 bits per heavy atom. The molecule has 0 saturated carbocycles. The molecule has 0 aromatic heterocycles. The Kier molecular flexibility index (Phi) is 2.14. The van der Waals surface area contributed by atoms with Crippen LogP contribution in [0.5, 0.6) is 0 Å². The number of rotatable bonds is 0. The molecule has 0 N–H and O–H groups in total. The summed E-state index contributed by atoms with van der Waals surface area (Å²) in [6.45, 7) is 2.39. The number of thioether (sulfide) groups is 6. The van der Waals surface area contributed by atoms with E-state index in [0.717, 1.165) is 11.7 Å². The van der Waals surface area contributed by atoms with Gasteiger partial charge in [-0.25, -0.2) is 0 Å². The predicted octanol–water partition coefficient (Wildman–Crippen LogP) is 3.95. The van der Waals surface area contributed by atoms with E-state index in [4.69, 9.17) is 0 Å². The topological polar surface area (TPSA) is 0 Å². The second-order valence-corrected chi connectivity index (χ2v) is 14.2. The maximum atomic E-state index is 2.39. The van der Waals surface area contributed by atoms with Gasteiger partial charge in [-0.05, 0) is 6.92 Å². The maximum Gasteiger partial charge on any atom is 0.109 e. The lowest BCUT2D eigenvalue weighted by molar-refractivity contribution is 1.30. The van der Waals surface area contributed by atoms with E-state index in [1.54, 1.807) is 0 Å². The molecule has 6 heteroatoms. The van der Waals surface area contributed by atoms with E-state index in [-0.39, 0.29) is 0 Å². The molecule has 0 amide bonds. The van der Waals surface area contributed by atoms with E-state index >= 15 is 0 Å². The largest absolute Gasteiger partial charge is 0.111 e. The second-order valence-electron chi connectivity index (χ2n) is 2.49. The molecular weight excluding hydrogens is 252 g/mol. The molecule has 4 aliphatic rings. The van der Waals surface area contributed by atoms with E-state index in [1.165, 1.54) is 0 Å². The number of hydrogen-bond acceptors (Lipinski definition) is 6. The van der Waals surface area contributed by atoms with E-state index in [2.05, 4.69) is 77.5 Å². The zero-order valence-corrected chi connectivity index (χ0v) is 10.6. The summed E-state index contributed by atoms with van der Waals surface area (Å²) in [5.74, 6) is 0. The van der Waals surface area contributed by atoms with Crippen LogP contribution in [-0.4, -0.2) is 15.2 Å². The van der Waals surface area contributed by atoms with Crippen LogP contribution in [0.4, 0.5) is 0 Å². The van der Waals surface area contributed by atoms with Gasteiger partial charge in [0.05, 0.1) is 0 Å². The molecule has 0 atom stereocenters. The molecule has 0 unspecified atom stereocenters. The van der Waals surface area contributed by atoms with Gasteiger partial charge in [-0.15, -0.1) is 70.6 Å². The van der Waals surface area contributed by atoms with Crippen molar-refractivity contribution in [1.82, 2.24) is 0 Å². The minimum Gasteiger partial charge on any atom is -0.111 e. The van der Waals surface area contributed by atoms with Crippen molar-refractivity contribution >= 4 is 70.6 Å². The van der Waals surface area contributed by atoms with Gasteiger partial charge in [-0.3, -0.25) is 0 Å². The Balaban J connectivity index is 1.94. The highest BCUT2D eigenvalue weighted by Gasteiger charge is 2.52. The van der Waals surface area contributed by atoms with Crippen molar-refractivity contribution in [3.05, 3.63) is 0 Å². The van der Waals surface area contributed by atoms with Crippen molar-refractivity contribution in [3.63, 3.8) is 0 Å². The summed E-state index contributed by atoms with van der Waals surface area (Å²) in [6.07, 6.45) is 0. The van der Waals surface area contributed by atoms with Gasteiger partial charge in [0.2, 0.25) is 0 Å². The summed E-state index contributed by atoms with van der Waals surface area (Å²) in [5, 5.41) is 0. The minimum atomic E-state index is 0.488. The SMILES string of the molecule is CC12SC3SC(SC(S3)S1)S2. The number of hydrogen-bond donors (Lipinski definition) is 0. The van der Waals surface area contributed by atoms with Crippen LogP contribution in [0, 0.1) is 0 Å². The summed E-state index contributed by atoms with van der Waals surface area (Å²) < 4.78 is 2.98. The van der Waals surface area contributed by atoms with Gasteiger partial charge in [0.25, 0.3) is 0 Å². The van der Waals surface area contributed by atoms with Crippen LogP contribution < -0.4 is 0 Å². The Bertz CT molecular complexity index is 156. The highest BCUT2D eigenvalue weighted by molar-refractivity contribution is 8.62. The average molecular weight is 259 g/mol.